The maximum absolute atomic E-state index is 12.7. The number of methoxy groups -OCH3 is 1. The van der Waals surface area contributed by atoms with Gasteiger partial charge < -0.3 is 18.9 Å². The summed E-state index contributed by atoms with van der Waals surface area (Å²) >= 11 is 0. The molecule has 0 radical (unpaired) electrons. The first-order chi connectivity index (χ1) is 17.7. The first-order valence-corrected chi connectivity index (χ1v) is 11.3. The molecule has 0 amide bonds. The predicted octanol–water partition coefficient (Wildman–Crippen LogP) is 3.05. The third kappa shape index (κ3) is 5.23. The van der Waals surface area contributed by atoms with Gasteiger partial charge in [-0.3, -0.25) is 23.9 Å². The summed E-state index contributed by atoms with van der Waals surface area (Å²) < 4.78 is 23.7. The Hall–Kier alpha value is -4.46. The van der Waals surface area contributed by atoms with Gasteiger partial charge in [0.05, 0.1) is 12.8 Å². The topological polar surface area (TPSA) is 172 Å². The molecule has 1 N–H and O–H groups in total. The van der Waals surface area contributed by atoms with Crippen molar-refractivity contribution in [2.75, 3.05) is 7.11 Å². The number of benzene rings is 1. The van der Waals surface area contributed by atoms with E-state index in [1.807, 2.05) is 6.92 Å². The summed E-state index contributed by atoms with van der Waals surface area (Å²) in [5.41, 5.74) is -0.166. The van der Waals surface area contributed by atoms with E-state index in [9.17, 15) is 14.4 Å². The maximum Gasteiger partial charge on any atom is 0.303 e. The van der Waals surface area contributed by atoms with Gasteiger partial charge in [-0.05, 0) is 37.4 Å². The number of nitrogens with zero attached hydrogens (tertiary/aromatic N) is 6. The Bertz CT molecular complexity index is 1410. The van der Waals surface area contributed by atoms with Crippen molar-refractivity contribution in [3.8, 4) is 5.75 Å². The highest BCUT2D eigenvalue weighted by molar-refractivity contribution is 5.74. The first kappa shape index (κ1) is 25.6. The highest BCUT2D eigenvalue weighted by Crippen LogP contribution is 2.39. The average Bonchev–Trinajstić information content (AvgIpc) is 3.40. The summed E-state index contributed by atoms with van der Waals surface area (Å²) in [7, 11) is 1.55. The van der Waals surface area contributed by atoms with Gasteiger partial charge in [-0.15, -0.1) is 10.2 Å². The second kappa shape index (κ2) is 10.7. The van der Waals surface area contributed by atoms with E-state index < -0.39 is 42.0 Å². The SMILES string of the molecule is C=Nc1nc2c(nc(N=Nc3ccc(OC)cc3)n2[C@@H]2O[C@H](CC)[C@H](OC(C)=O)C2OC(C)=O)c(=O)[nH]1. The number of rotatable bonds is 8. The van der Waals surface area contributed by atoms with Crippen LogP contribution in [0.4, 0.5) is 17.6 Å². The van der Waals surface area contributed by atoms with Crippen LogP contribution in [-0.2, 0) is 23.8 Å². The van der Waals surface area contributed by atoms with Crippen LogP contribution in [0.25, 0.3) is 11.2 Å². The quantitative estimate of drug-likeness (QED) is 0.271. The van der Waals surface area contributed by atoms with Gasteiger partial charge in [0.15, 0.2) is 29.6 Å². The number of carbonyl (C=O) groups excluding carboxylic acids is 2. The van der Waals surface area contributed by atoms with Crippen LogP contribution in [0.5, 0.6) is 5.75 Å². The fourth-order valence-corrected chi connectivity index (χ4v) is 3.99. The number of hydrogen-bond acceptors (Lipinski definition) is 12. The van der Waals surface area contributed by atoms with Crippen molar-refractivity contribution in [2.45, 2.75) is 51.7 Å². The van der Waals surface area contributed by atoms with Crippen molar-refractivity contribution in [2.24, 2.45) is 15.2 Å². The second-order valence-corrected chi connectivity index (χ2v) is 8.02. The number of azo groups is 1. The molecule has 4 rings (SSSR count). The third-order valence-corrected chi connectivity index (χ3v) is 5.54. The average molecular weight is 511 g/mol. The fraction of sp³-hybridized carbons (Fsp3) is 0.391. The van der Waals surface area contributed by atoms with Crippen LogP contribution in [0.3, 0.4) is 0 Å². The van der Waals surface area contributed by atoms with E-state index in [1.165, 1.54) is 18.4 Å². The molecule has 3 heterocycles. The van der Waals surface area contributed by atoms with E-state index in [0.717, 1.165) is 0 Å². The third-order valence-electron chi connectivity index (χ3n) is 5.54. The summed E-state index contributed by atoms with van der Waals surface area (Å²) in [6, 6.07) is 6.77. The summed E-state index contributed by atoms with van der Waals surface area (Å²) in [5, 5.41) is 8.44. The number of aromatic amines is 1. The summed E-state index contributed by atoms with van der Waals surface area (Å²) in [6.45, 7) is 7.70. The van der Waals surface area contributed by atoms with E-state index in [0.29, 0.717) is 17.9 Å². The Balaban J connectivity index is 1.89. The van der Waals surface area contributed by atoms with Gasteiger partial charge in [0.2, 0.25) is 5.95 Å². The minimum Gasteiger partial charge on any atom is -0.497 e. The van der Waals surface area contributed by atoms with Crippen LogP contribution in [0.15, 0.2) is 44.3 Å². The summed E-state index contributed by atoms with van der Waals surface area (Å²) in [6.07, 6.45) is -3.35. The lowest BCUT2D eigenvalue weighted by molar-refractivity contribution is -0.165. The van der Waals surface area contributed by atoms with Gasteiger partial charge in [0.1, 0.15) is 11.9 Å². The molecule has 1 aliphatic rings. The number of aliphatic imine (C=N–C) groups is 1. The first-order valence-electron chi connectivity index (χ1n) is 11.3. The molecule has 0 bridgehead atoms. The molecule has 37 heavy (non-hydrogen) atoms. The minimum atomic E-state index is -1.11. The minimum absolute atomic E-state index is 0.0373. The fourth-order valence-electron chi connectivity index (χ4n) is 3.99. The number of aromatic nitrogens is 4. The highest BCUT2D eigenvalue weighted by atomic mass is 16.6. The van der Waals surface area contributed by atoms with Crippen LogP contribution in [0.2, 0.25) is 0 Å². The van der Waals surface area contributed by atoms with Gasteiger partial charge in [-0.1, -0.05) is 6.92 Å². The molecule has 14 heteroatoms. The van der Waals surface area contributed by atoms with Gasteiger partial charge in [0.25, 0.3) is 11.5 Å². The Labute approximate surface area is 210 Å². The lowest BCUT2D eigenvalue weighted by Gasteiger charge is -2.24. The van der Waals surface area contributed by atoms with Crippen molar-refractivity contribution in [1.82, 2.24) is 19.5 Å². The largest absolute Gasteiger partial charge is 0.497 e. The van der Waals surface area contributed by atoms with Crippen molar-refractivity contribution < 1.29 is 28.5 Å². The highest BCUT2D eigenvalue weighted by Gasteiger charge is 2.50. The Morgan fingerprint density at radius 1 is 1.11 bits per heavy atom. The van der Waals surface area contributed by atoms with Gasteiger partial charge >= 0.3 is 11.9 Å². The zero-order valence-corrected chi connectivity index (χ0v) is 20.6. The van der Waals surface area contributed by atoms with Crippen LogP contribution >= 0.6 is 0 Å². The molecule has 1 saturated heterocycles. The molecule has 14 nitrogen and oxygen atoms in total. The number of ether oxygens (including phenoxy) is 4. The number of esters is 2. The number of fused-ring (bicyclic) bond motifs is 1. The molecule has 1 aromatic carbocycles. The normalized spacial score (nSPS) is 21.3. The molecule has 3 aromatic rings. The second-order valence-electron chi connectivity index (χ2n) is 8.02. The number of H-pyrrole nitrogens is 1. The number of carbonyl (C=O) groups is 2. The molecular weight excluding hydrogens is 486 g/mol. The maximum atomic E-state index is 12.7. The van der Waals surface area contributed by atoms with E-state index in [-0.39, 0.29) is 23.1 Å². The number of imidazole rings is 1. The monoisotopic (exact) mass is 511 g/mol. The molecule has 2 aromatic heterocycles. The van der Waals surface area contributed by atoms with Crippen molar-refractivity contribution in [3.63, 3.8) is 0 Å². The number of hydrogen-bond donors (Lipinski definition) is 1. The van der Waals surface area contributed by atoms with Crippen molar-refractivity contribution >= 4 is 47.4 Å². The van der Waals surface area contributed by atoms with E-state index in [4.69, 9.17) is 18.9 Å². The molecule has 1 unspecified atom stereocenters. The Morgan fingerprint density at radius 2 is 1.78 bits per heavy atom. The smallest absolute Gasteiger partial charge is 0.303 e. The summed E-state index contributed by atoms with van der Waals surface area (Å²) in [4.78, 5) is 51.4. The van der Waals surface area contributed by atoms with E-state index in [2.05, 4.69) is 36.9 Å². The lowest BCUT2D eigenvalue weighted by atomic mass is 10.1. The Morgan fingerprint density at radius 3 is 2.38 bits per heavy atom. The molecule has 194 valence electrons. The van der Waals surface area contributed by atoms with Gasteiger partial charge in [0, 0.05) is 13.8 Å². The zero-order valence-electron chi connectivity index (χ0n) is 20.6. The van der Waals surface area contributed by atoms with Crippen molar-refractivity contribution in [1.29, 1.82) is 0 Å². The molecule has 4 atom stereocenters. The standard InChI is InChI=1S/C23H25N7O7/c1-6-15-17(35-11(2)31)18(36-12(3)32)21(37-15)30-19-16(20(33)27-22(24-4)26-19)25-23(30)29-28-13-7-9-14(34-5)10-8-13/h7-10,15,17-18,21H,4,6H2,1-3,5H3,(H,26,27,33)/t15-,17+,18?,21-/m1/s1. The van der Waals surface area contributed by atoms with Crippen molar-refractivity contribution in [3.05, 3.63) is 34.6 Å². The van der Waals surface area contributed by atoms with Crippen LogP contribution < -0.4 is 10.3 Å². The zero-order chi connectivity index (χ0) is 26.7. The molecule has 1 fully saturated rings. The Kier molecular flexibility index (Phi) is 7.38. The molecule has 0 saturated carbocycles. The lowest BCUT2D eigenvalue weighted by Crippen LogP contribution is -2.38. The predicted molar refractivity (Wildman–Crippen MR) is 130 cm³/mol. The molecule has 1 aliphatic heterocycles. The molecule has 0 spiro atoms. The van der Waals surface area contributed by atoms with Gasteiger partial charge in [-0.25, -0.2) is 9.98 Å². The van der Waals surface area contributed by atoms with Gasteiger partial charge in [-0.2, -0.15) is 4.98 Å². The van der Waals surface area contributed by atoms with E-state index in [1.54, 1.807) is 31.4 Å². The van der Waals surface area contributed by atoms with Crippen LogP contribution in [0.1, 0.15) is 33.4 Å². The van der Waals surface area contributed by atoms with Crippen LogP contribution in [-0.4, -0.2) is 63.6 Å². The number of nitrogens with one attached hydrogen (secondary N) is 1. The van der Waals surface area contributed by atoms with E-state index >= 15 is 0 Å². The van der Waals surface area contributed by atoms with Crippen LogP contribution in [0, 0.1) is 0 Å². The summed E-state index contributed by atoms with van der Waals surface area (Å²) in [5.74, 6) is -0.699. The molecular formula is C23H25N7O7. The molecule has 0 aliphatic carbocycles.